The normalized spacial score (nSPS) is 10.2. The summed E-state index contributed by atoms with van der Waals surface area (Å²) in [7, 11) is 0. The van der Waals surface area contributed by atoms with Gasteiger partial charge in [0.1, 0.15) is 5.69 Å². The van der Waals surface area contributed by atoms with Crippen molar-refractivity contribution in [2.45, 2.75) is 4.90 Å². The summed E-state index contributed by atoms with van der Waals surface area (Å²) in [5, 5.41) is 10.1. The molecule has 3 aromatic rings. The van der Waals surface area contributed by atoms with Crippen molar-refractivity contribution in [3.8, 4) is 0 Å². The highest BCUT2D eigenvalue weighted by molar-refractivity contribution is 7.98. The second-order valence-electron chi connectivity index (χ2n) is 5.14. The number of rotatable bonds is 5. The third-order valence-corrected chi connectivity index (χ3v) is 4.90. The molecule has 0 fully saturated rings. The number of nitrogens with one attached hydrogen (secondary N) is 3. The summed E-state index contributed by atoms with van der Waals surface area (Å²) in [6, 6.07) is 16.2. The first-order valence-electron chi connectivity index (χ1n) is 7.68. The first kappa shape index (κ1) is 18.0. The van der Waals surface area contributed by atoms with Crippen LogP contribution in [0.2, 0.25) is 0 Å². The standard InChI is InChI=1S/C18H16N4O2S2/c1-25-15-10-6-5-9-13(15)20-16(23)14-11-26-18(21-14)22-17(24)19-12-7-3-2-4-8-12/h2-11H,1H3,(H,20,23)(H2,19,21,22,24). The molecule has 0 atom stereocenters. The van der Waals surface area contributed by atoms with E-state index in [1.807, 2.05) is 48.7 Å². The fourth-order valence-corrected chi connectivity index (χ4v) is 3.39. The van der Waals surface area contributed by atoms with Gasteiger partial charge < -0.3 is 10.6 Å². The number of urea groups is 1. The molecule has 0 radical (unpaired) electrons. The Balaban J connectivity index is 1.62. The van der Waals surface area contributed by atoms with Crippen LogP contribution >= 0.6 is 23.1 Å². The van der Waals surface area contributed by atoms with Crippen LogP contribution in [0.15, 0.2) is 64.9 Å². The van der Waals surface area contributed by atoms with E-state index in [1.54, 1.807) is 29.3 Å². The van der Waals surface area contributed by atoms with Crippen LogP contribution in [0.4, 0.5) is 21.3 Å². The Labute approximate surface area is 159 Å². The number of carbonyl (C=O) groups is 2. The summed E-state index contributed by atoms with van der Waals surface area (Å²) in [5.41, 5.74) is 1.66. The lowest BCUT2D eigenvalue weighted by Crippen LogP contribution is -2.19. The minimum absolute atomic E-state index is 0.251. The van der Waals surface area contributed by atoms with Crippen molar-refractivity contribution in [3.63, 3.8) is 0 Å². The molecular formula is C18H16N4O2S2. The van der Waals surface area contributed by atoms with E-state index in [0.717, 1.165) is 10.6 Å². The van der Waals surface area contributed by atoms with Crippen LogP contribution in [0, 0.1) is 0 Å². The molecule has 3 N–H and O–H groups in total. The summed E-state index contributed by atoms with van der Waals surface area (Å²) < 4.78 is 0. The molecule has 0 bridgehead atoms. The monoisotopic (exact) mass is 384 g/mol. The largest absolute Gasteiger partial charge is 0.325 e. The zero-order valence-electron chi connectivity index (χ0n) is 13.9. The number of hydrogen-bond donors (Lipinski definition) is 3. The molecule has 0 spiro atoms. The van der Waals surface area contributed by atoms with Gasteiger partial charge in [-0.05, 0) is 30.5 Å². The van der Waals surface area contributed by atoms with Crippen molar-refractivity contribution in [2.75, 3.05) is 22.2 Å². The third kappa shape index (κ3) is 4.62. The number of hydrogen-bond acceptors (Lipinski definition) is 5. The summed E-state index contributed by atoms with van der Waals surface area (Å²) in [4.78, 5) is 29.5. The summed E-state index contributed by atoms with van der Waals surface area (Å²) in [5.74, 6) is -0.320. The molecule has 0 saturated heterocycles. The molecule has 1 heterocycles. The highest BCUT2D eigenvalue weighted by Gasteiger charge is 2.14. The van der Waals surface area contributed by atoms with Crippen LogP contribution in [-0.2, 0) is 0 Å². The van der Waals surface area contributed by atoms with E-state index >= 15 is 0 Å². The van der Waals surface area contributed by atoms with Gasteiger partial charge in [-0.1, -0.05) is 30.3 Å². The molecule has 132 valence electrons. The number of para-hydroxylation sites is 2. The Hall–Kier alpha value is -2.84. The van der Waals surface area contributed by atoms with Crippen LogP contribution in [0.1, 0.15) is 10.5 Å². The highest BCUT2D eigenvalue weighted by atomic mass is 32.2. The number of benzene rings is 2. The lowest BCUT2D eigenvalue weighted by Gasteiger charge is -2.07. The maximum Gasteiger partial charge on any atom is 0.325 e. The number of nitrogens with zero attached hydrogens (tertiary/aromatic N) is 1. The van der Waals surface area contributed by atoms with Crippen LogP contribution in [0.3, 0.4) is 0 Å². The van der Waals surface area contributed by atoms with Crippen LogP contribution in [0.25, 0.3) is 0 Å². The van der Waals surface area contributed by atoms with Crippen molar-refractivity contribution < 1.29 is 9.59 Å². The zero-order chi connectivity index (χ0) is 18.4. The van der Waals surface area contributed by atoms with Gasteiger partial charge in [-0.15, -0.1) is 23.1 Å². The fourth-order valence-electron chi connectivity index (χ4n) is 2.15. The molecule has 0 aliphatic carbocycles. The van der Waals surface area contributed by atoms with Crippen molar-refractivity contribution >= 4 is 51.5 Å². The van der Waals surface area contributed by atoms with Gasteiger partial charge >= 0.3 is 6.03 Å². The number of carbonyl (C=O) groups excluding carboxylic acids is 2. The highest BCUT2D eigenvalue weighted by Crippen LogP contribution is 2.25. The maximum atomic E-state index is 12.4. The Morgan fingerprint density at radius 1 is 0.962 bits per heavy atom. The second-order valence-corrected chi connectivity index (χ2v) is 6.84. The van der Waals surface area contributed by atoms with E-state index in [0.29, 0.717) is 10.8 Å². The molecule has 3 amide bonds. The molecule has 0 aliphatic rings. The Morgan fingerprint density at radius 2 is 1.69 bits per heavy atom. The topological polar surface area (TPSA) is 83.1 Å². The fraction of sp³-hybridized carbons (Fsp3) is 0.0556. The Kier molecular flexibility index (Phi) is 5.88. The minimum Gasteiger partial charge on any atom is -0.320 e. The van der Waals surface area contributed by atoms with E-state index in [-0.39, 0.29) is 11.6 Å². The van der Waals surface area contributed by atoms with Crippen molar-refractivity contribution in [1.29, 1.82) is 0 Å². The number of amides is 3. The molecule has 6 nitrogen and oxygen atoms in total. The van der Waals surface area contributed by atoms with E-state index in [2.05, 4.69) is 20.9 Å². The Bertz CT molecular complexity index is 912. The van der Waals surface area contributed by atoms with E-state index in [9.17, 15) is 9.59 Å². The van der Waals surface area contributed by atoms with Crippen molar-refractivity contribution in [2.24, 2.45) is 0 Å². The zero-order valence-corrected chi connectivity index (χ0v) is 15.5. The smallest absolute Gasteiger partial charge is 0.320 e. The van der Waals surface area contributed by atoms with Gasteiger partial charge in [-0.25, -0.2) is 9.78 Å². The molecule has 3 rings (SSSR count). The lowest BCUT2D eigenvalue weighted by atomic mass is 10.3. The summed E-state index contributed by atoms with van der Waals surface area (Å²) in [6.45, 7) is 0. The second kappa shape index (κ2) is 8.50. The van der Waals surface area contributed by atoms with Gasteiger partial charge in [0.25, 0.3) is 5.91 Å². The van der Waals surface area contributed by atoms with Gasteiger partial charge in [0.15, 0.2) is 5.13 Å². The van der Waals surface area contributed by atoms with Gasteiger partial charge in [0.2, 0.25) is 0 Å². The number of anilines is 3. The average molecular weight is 384 g/mol. The molecule has 2 aromatic carbocycles. The van der Waals surface area contributed by atoms with Crippen molar-refractivity contribution in [3.05, 3.63) is 65.7 Å². The van der Waals surface area contributed by atoms with E-state index in [4.69, 9.17) is 0 Å². The molecule has 0 aliphatic heterocycles. The predicted molar refractivity (Wildman–Crippen MR) is 107 cm³/mol. The maximum absolute atomic E-state index is 12.4. The van der Waals surface area contributed by atoms with Crippen molar-refractivity contribution in [1.82, 2.24) is 4.98 Å². The summed E-state index contributed by atoms with van der Waals surface area (Å²) in [6.07, 6.45) is 1.95. The average Bonchev–Trinajstić information content (AvgIpc) is 3.11. The van der Waals surface area contributed by atoms with E-state index in [1.165, 1.54) is 11.3 Å². The lowest BCUT2D eigenvalue weighted by molar-refractivity contribution is 0.102. The van der Waals surface area contributed by atoms with Crippen LogP contribution in [-0.4, -0.2) is 23.2 Å². The predicted octanol–water partition coefficient (Wildman–Crippen LogP) is 4.76. The minimum atomic E-state index is -0.412. The summed E-state index contributed by atoms with van der Waals surface area (Å²) >= 11 is 2.74. The number of thiazole rings is 1. The SMILES string of the molecule is CSc1ccccc1NC(=O)c1csc(NC(=O)Nc2ccccc2)n1. The van der Waals surface area contributed by atoms with Crippen LogP contribution in [0.5, 0.6) is 0 Å². The first-order chi connectivity index (χ1) is 12.7. The van der Waals surface area contributed by atoms with Crippen LogP contribution < -0.4 is 16.0 Å². The molecule has 26 heavy (non-hydrogen) atoms. The van der Waals surface area contributed by atoms with Gasteiger partial charge in [-0.2, -0.15) is 0 Å². The number of aromatic nitrogens is 1. The van der Waals surface area contributed by atoms with Gasteiger partial charge in [-0.3, -0.25) is 10.1 Å². The third-order valence-electron chi connectivity index (χ3n) is 3.34. The van der Waals surface area contributed by atoms with Gasteiger partial charge in [0, 0.05) is 16.0 Å². The molecule has 8 heteroatoms. The van der Waals surface area contributed by atoms with Gasteiger partial charge in [0.05, 0.1) is 5.69 Å². The quantitative estimate of drug-likeness (QED) is 0.554. The molecular weight excluding hydrogens is 368 g/mol. The molecule has 1 aromatic heterocycles. The number of thioether (sulfide) groups is 1. The van der Waals surface area contributed by atoms with E-state index < -0.39 is 6.03 Å². The molecule has 0 unspecified atom stereocenters. The first-order valence-corrected chi connectivity index (χ1v) is 9.79. The molecule has 0 saturated carbocycles. The Morgan fingerprint density at radius 3 is 2.46 bits per heavy atom.